The Morgan fingerprint density at radius 3 is 2.81 bits per heavy atom. The van der Waals surface area contributed by atoms with E-state index in [9.17, 15) is 8.42 Å². The van der Waals surface area contributed by atoms with Crippen molar-refractivity contribution in [3.63, 3.8) is 0 Å². The average Bonchev–Trinajstić information content (AvgIpc) is 2.47. The maximum atomic E-state index is 12.8. The zero-order valence-electron chi connectivity index (χ0n) is 11.7. The highest BCUT2D eigenvalue weighted by Crippen LogP contribution is 2.38. The quantitative estimate of drug-likeness (QED) is 0.869. The van der Waals surface area contributed by atoms with Gasteiger partial charge in [-0.2, -0.15) is 4.31 Å². The Hall–Kier alpha value is -1.02. The fraction of sp³-hybridized carbons (Fsp3) is 0.538. The molecule has 1 atom stereocenters. The number of rotatable bonds is 2. The van der Waals surface area contributed by atoms with Crippen molar-refractivity contribution >= 4 is 22.4 Å². The van der Waals surface area contributed by atoms with Crippen LogP contribution in [-0.2, 0) is 10.0 Å². The Morgan fingerprint density at radius 1 is 1.29 bits per heavy atom. The van der Waals surface area contributed by atoms with Crippen LogP contribution in [0.1, 0.15) is 6.92 Å². The summed E-state index contributed by atoms with van der Waals surface area (Å²) in [5.41, 5.74) is 0. The number of nitrogens with one attached hydrogen (secondary N) is 1. The first-order valence-corrected chi connectivity index (χ1v) is 8.16. The lowest BCUT2D eigenvalue weighted by Crippen LogP contribution is -2.52. The summed E-state index contributed by atoms with van der Waals surface area (Å²) in [6, 6.07) is 4.92. The summed E-state index contributed by atoms with van der Waals surface area (Å²) in [4.78, 5) is 0.198. The van der Waals surface area contributed by atoms with E-state index in [1.807, 2.05) is 6.92 Å². The van der Waals surface area contributed by atoms with E-state index >= 15 is 0 Å². The fourth-order valence-corrected chi connectivity index (χ4v) is 4.33. The second-order valence-electron chi connectivity index (χ2n) is 4.95. The van der Waals surface area contributed by atoms with E-state index < -0.39 is 10.0 Å². The lowest BCUT2D eigenvalue weighted by molar-refractivity contribution is 0.166. The standard InChI is InChI=1S/C13H18N2O4S.ClH/c1-10-9-14-5-6-15(10)20(16,17)12-4-2-3-11-13(12)19-8-7-18-11;/h2-4,10,14H,5-9H2,1H3;1H. The maximum Gasteiger partial charge on any atom is 0.247 e. The SMILES string of the molecule is CC1CNCCN1S(=O)(=O)c1cccc2c1OCCO2.Cl. The molecular formula is C13H19ClN2O4S. The highest BCUT2D eigenvalue weighted by Gasteiger charge is 2.34. The molecule has 2 aliphatic rings. The molecule has 3 rings (SSSR count). The Bertz CT molecular complexity index is 608. The molecule has 1 aromatic rings. The fourth-order valence-electron chi connectivity index (χ4n) is 2.56. The molecule has 1 N–H and O–H groups in total. The molecule has 1 unspecified atom stereocenters. The van der Waals surface area contributed by atoms with Gasteiger partial charge in [0, 0.05) is 25.7 Å². The second kappa shape index (κ2) is 6.39. The molecule has 0 radical (unpaired) electrons. The monoisotopic (exact) mass is 334 g/mol. The Balaban J connectivity index is 0.00000161. The van der Waals surface area contributed by atoms with E-state index in [2.05, 4.69) is 5.32 Å². The first-order chi connectivity index (χ1) is 9.60. The number of fused-ring (bicyclic) bond motifs is 1. The first-order valence-electron chi connectivity index (χ1n) is 6.72. The van der Waals surface area contributed by atoms with Crippen LogP contribution in [-0.4, -0.2) is 51.6 Å². The van der Waals surface area contributed by atoms with Gasteiger partial charge in [0.15, 0.2) is 11.5 Å². The van der Waals surface area contributed by atoms with Crippen LogP contribution in [0.15, 0.2) is 23.1 Å². The summed E-state index contributed by atoms with van der Waals surface area (Å²) in [7, 11) is -3.56. The van der Waals surface area contributed by atoms with Crippen molar-refractivity contribution in [3.8, 4) is 11.5 Å². The van der Waals surface area contributed by atoms with Crippen molar-refractivity contribution in [1.82, 2.24) is 9.62 Å². The van der Waals surface area contributed by atoms with E-state index in [1.165, 1.54) is 4.31 Å². The largest absolute Gasteiger partial charge is 0.486 e. The van der Waals surface area contributed by atoms with Gasteiger partial charge in [-0.1, -0.05) is 6.07 Å². The van der Waals surface area contributed by atoms with Gasteiger partial charge in [0.25, 0.3) is 0 Å². The third-order valence-corrected chi connectivity index (χ3v) is 5.59. The molecule has 0 bridgehead atoms. The van der Waals surface area contributed by atoms with Crippen LogP contribution in [0, 0.1) is 0 Å². The normalized spacial score (nSPS) is 22.4. The van der Waals surface area contributed by atoms with Gasteiger partial charge in [-0.15, -0.1) is 12.4 Å². The molecule has 2 aliphatic heterocycles. The molecule has 1 saturated heterocycles. The van der Waals surface area contributed by atoms with Gasteiger partial charge in [0.1, 0.15) is 18.1 Å². The van der Waals surface area contributed by atoms with Crippen molar-refractivity contribution in [3.05, 3.63) is 18.2 Å². The van der Waals surface area contributed by atoms with Crippen LogP contribution in [0.4, 0.5) is 0 Å². The van der Waals surface area contributed by atoms with Gasteiger partial charge in [0.2, 0.25) is 10.0 Å². The molecule has 118 valence electrons. The molecule has 1 fully saturated rings. The van der Waals surface area contributed by atoms with Gasteiger partial charge >= 0.3 is 0 Å². The Kier molecular flexibility index (Phi) is 4.98. The Labute approximate surface area is 130 Å². The Morgan fingerprint density at radius 2 is 2.05 bits per heavy atom. The number of halogens is 1. The summed E-state index contributed by atoms with van der Waals surface area (Å²) in [6.07, 6.45) is 0. The highest BCUT2D eigenvalue weighted by molar-refractivity contribution is 7.89. The third-order valence-electron chi connectivity index (χ3n) is 3.56. The van der Waals surface area contributed by atoms with Gasteiger partial charge in [-0.05, 0) is 19.1 Å². The van der Waals surface area contributed by atoms with E-state index in [1.54, 1.807) is 18.2 Å². The molecule has 2 heterocycles. The summed E-state index contributed by atoms with van der Waals surface area (Å²) in [5.74, 6) is 0.838. The van der Waals surface area contributed by atoms with Gasteiger partial charge < -0.3 is 14.8 Å². The maximum absolute atomic E-state index is 12.8. The summed E-state index contributed by atoms with van der Waals surface area (Å²) >= 11 is 0. The molecule has 0 spiro atoms. The van der Waals surface area contributed by atoms with Crippen molar-refractivity contribution < 1.29 is 17.9 Å². The van der Waals surface area contributed by atoms with E-state index in [0.717, 1.165) is 0 Å². The van der Waals surface area contributed by atoms with Gasteiger partial charge in [0.05, 0.1) is 0 Å². The van der Waals surface area contributed by atoms with Crippen molar-refractivity contribution in [2.45, 2.75) is 17.9 Å². The highest BCUT2D eigenvalue weighted by atomic mass is 35.5. The van der Waals surface area contributed by atoms with Crippen molar-refractivity contribution in [1.29, 1.82) is 0 Å². The van der Waals surface area contributed by atoms with E-state index in [0.29, 0.717) is 44.3 Å². The number of benzene rings is 1. The van der Waals surface area contributed by atoms with Crippen LogP contribution in [0.2, 0.25) is 0 Å². The lowest BCUT2D eigenvalue weighted by atomic mass is 10.3. The summed E-state index contributed by atoms with van der Waals surface area (Å²) in [5, 5.41) is 3.19. The number of hydrogen-bond donors (Lipinski definition) is 1. The molecule has 0 aliphatic carbocycles. The first kappa shape index (κ1) is 16.4. The van der Waals surface area contributed by atoms with E-state index in [4.69, 9.17) is 9.47 Å². The number of para-hydroxylation sites is 1. The van der Waals surface area contributed by atoms with Crippen LogP contribution >= 0.6 is 12.4 Å². The van der Waals surface area contributed by atoms with E-state index in [-0.39, 0.29) is 23.3 Å². The van der Waals surface area contributed by atoms with Crippen molar-refractivity contribution in [2.75, 3.05) is 32.8 Å². The predicted octanol–water partition coefficient (Wildman–Crippen LogP) is 0.862. The van der Waals surface area contributed by atoms with Crippen LogP contribution in [0.3, 0.4) is 0 Å². The number of ether oxygens (including phenoxy) is 2. The third kappa shape index (κ3) is 2.96. The molecule has 8 heteroatoms. The minimum Gasteiger partial charge on any atom is -0.486 e. The van der Waals surface area contributed by atoms with Gasteiger partial charge in [-0.25, -0.2) is 8.42 Å². The lowest BCUT2D eigenvalue weighted by Gasteiger charge is -2.33. The average molecular weight is 335 g/mol. The molecule has 6 nitrogen and oxygen atoms in total. The zero-order valence-corrected chi connectivity index (χ0v) is 13.4. The topological polar surface area (TPSA) is 67.9 Å². The predicted molar refractivity (Wildman–Crippen MR) is 80.9 cm³/mol. The minimum atomic E-state index is -3.56. The molecule has 1 aromatic carbocycles. The number of nitrogens with zero attached hydrogens (tertiary/aromatic N) is 1. The molecule has 0 saturated carbocycles. The summed E-state index contributed by atoms with van der Waals surface area (Å²) in [6.45, 7) is 4.50. The van der Waals surface area contributed by atoms with Crippen molar-refractivity contribution in [2.24, 2.45) is 0 Å². The summed E-state index contributed by atoms with van der Waals surface area (Å²) < 4.78 is 38.2. The zero-order chi connectivity index (χ0) is 14.2. The van der Waals surface area contributed by atoms with Crippen LogP contribution in [0.25, 0.3) is 0 Å². The molecule has 0 aromatic heterocycles. The number of hydrogen-bond acceptors (Lipinski definition) is 5. The molecule has 0 amide bonds. The minimum absolute atomic E-state index is 0. The number of piperazine rings is 1. The molecular weight excluding hydrogens is 316 g/mol. The van der Waals surface area contributed by atoms with Crippen LogP contribution in [0.5, 0.6) is 11.5 Å². The second-order valence-corrected chi connectivity index (χ2v) is 6.81. The van der Waals surface area contributed by atoms with Gasteiger partial charge in [-0.3, -0.25) is 0 Å². The number of sulfonamides is 1. The molecule has 21 heavy (non-hydrogen) atoms. The smallest absolute Gasteiger partial charge is 0.247 e. The van der Waals surface area contributed by atoms with Crippen LogP contribution < -0.4 is 14.8 Å².